The molecule has 2 aliphatic rings. The van der Waals surface area contributed by atoms with E-state index in [1.54, 1.807) is 7.11 Å². The molecule has 0 bridgehead atoms. The molecule has 1 aromatic rings. The van der Waals surface area contributed by atoms with Gasteiger partial charge in [0.15, 0.2) is 5.82 Å². The molecule has 2 fully saturated rings. The minimum Gasteiger partial charge on any atom is -0.381 e. The lowest BCUT2D eigenvalue weighted by atomic mass is 10.1. The largest absolute Gasteiger partial charge is 0.381 e. The molecule has 94 valence electrons. The molecule has 0 amide bonds. The number of nitrogens with zero attached hydrogens (tertiary/aromatic N) is 2. The minimum absolute atomic E-state index is 0.128. The van der Waals surface area contributed by atoms with Crippen molar-refractivity contribution >= 4 is 0 Å². The Labute approximate surface area is 99.7 Å². The second kappa shape index (κ2) is 4.72. The molecular formula is C11H17N3O3. The first kappa shape index (κ1) is 11.1. The van der Waals surface area contributed by atoms with Crippen LogP contribution >= 0.6 is 0 Å². The van der Waals surface area contributed by atoms with Crippen LogP contribution in [0.3, 0.4) is 0 Å². The molecule has 3 atom stereocenters. The van der Waals surface area contributed by atoms with Crippen molar-refractivity contribution in [3.05, 3.63) is 11.7 Å². The zero-order valence-electron chi connectivity index (χ0n) is 9.89. The van der Waals surface area contributed by atoms with Crippen molar-refractivity contribution in [1.29, 1.82) is 0 Å². The maximum atomic E-state index is 5.32. The molecule has 2 aliphatic heterocycles. The fraction of sp³-hybridized carbons (Fsp3) is 0.818. The van der Waals surface area contributed by atoms with Crippen molar-refractivity contribution in [2.45, 2.75) is 30.9 Å². The Morgan fingerprint density at radius 3 is 3.12 bits per heavy atom. The standard InChI is InChI=1S/C11H17N3O3/c1-15-8-4-9(12-5-8)11-13-10(14-17-11)7-2-3-16-6-7/h7-9,12H,2-6H2,1H3/t7?,8-,9+/m0/s1. The molecule has 0 radical (unpaired) electrons. The molecule has 0 spiro atoms. The van der Waals surface area contributed by atoms with E-state index in [1.165, 1.54) is 0 Å². The van der Waals surface area contributed by atoms with Crippen LogP contribution in [0.2, 0.25) is 0 Å². The fourth-order valence-corrected chi connectivity index (χ4v) is 2.36. The predicted octanol–water partition coefficient (Wildman–Crippen LogP) is 0.623. The maximum Gasteiger partial charge on any atom is 0.243 e. The van der Waals surface area contributed by atoms with Gasteiger partial charge in [0.2, 0.25) is 5.89 Å². The molecular weight excluding hydrogens is 222 g/mol. The second-order valence-electron chi connectivity index (χ2n) is 4.61. The zero-order chi connectivity index (χ0) is 11.7. The third-order valence-electron chi connectivity index (χ3n) is 3.47. The molecule has 6 nitrogen and oxygen atoms in total. The van der Waals surface area contributed by atoms with Crippen LogP contribution < -0.4 is 5.32 Å². The van der Waals surface area contributed by atoms with E-state index in [9.17, 15) is 0 Å². The third-order valence-corrected chi connectivity index (χ3v) is 3.47. The van der Waals surface area contributed by atoms with Crippen LogP contribution in [0.5, 0.6) is 0 Å². The average molecular weight is 239 g/mol. The molecule has 6 heteroatoms. The van der Waals surface area contributed by atoms with E-state index in [0.717, 1.165) is 31.8 Å². The number of hydrogen-bond donors (Lipinski definition) is 1. The number of rotatable bonds is 3. The van der Waals surface area contributed by atoms with Gasteiger partial charge in [0.1, 0.15) is 0 Å². The molecule has 17 heavy (non-hydrogen) atoms. The third kappa shape index (κ3) is 2.20. The number of ether oxygens (including phenoxy) is 2. The van der Waals surface area contributed by atoms with Gasteiger partial charge < -0.3 is 19.3 Å². The van der Waals surface area contributed by atoms with Crippen LogP contribution in [-0.2, 0) is 9.47 Å². The maximum absolute atomic E-state index is 5.32. The normalized spacial score (nSPS) is 33.4. The van der Waals surface area contributed by atoms with Crippen LogP contribution in [0.25, 0.3) is 0 Å². The molecule has 2 saturated heterocycles. The van der Waals surface area contributed by atoms with Gasteiger partial charge in [0.05, 0.1) is 18.8 Å². The fourth-order valence-electron chi connectivity index (χ4n) is 2.36. The topological polar surface area (TPSA) is 69.4 Å². The minimum atomic E-state index is 0.128. The Hall–Kier alpha value is -0.980. The molecule has 1 unspecified atom stereocenters. The van der Waals surface area contributed by atoms with Crippen molar-refractivity contribution in [3.8, 4) is 0 Å². The lowest BCUT2D eigenvalue weighted by molar-refractivity contribution is 0.116. The van der Waals surface area contributed by atoms with Crippen LogP contribution in [0.1, 0.15) is 36.5 Å². The van der Waals surface area contributed by atoms with E-state index in [0.29, 0.717) is 18.4 Å². The summed E-state index contributed by atoms with van der Waals surface area (Å²) in [6, 6.07) is 0.128. The molecule has 1 aromatic heterocycles. The summed E-state index contributed by atoms with van der Waals surface area (Å²) in [5.41, 5.74) is 0. The van der Waals surface area contributed by atoms with E-state index >= 15 is 0 Å². The van der Waals surface area contributed by atoms with Gasteiger partial charge >= 0.3 is 0 Å². The number of aromatic nitrogens is 2. The highest BCUT2D eigenvalue weighted by atomic mass is 16.5. The van der Waals surface area contributed by atoms with Crippen LogP contribution in [0.15, 0.2) is 4.52 Å². The number of nitrogens with one attached hydrogen (secondary N) is 1. The van der Waals surface area contributed by atoms with E-state index in [2.05, 4.69) is 15.5 Å². The van der Waals surface area contributed by atoms with Gasteiger partial charge in [-0.2, -0.15) is 4.98 Å². The summed E-state index contributed by atoms with van der Waals surface area (Å²) >= 11 is 0. The molecule has 0 aromatic carbocycles. The van der Waals surface area contributed by atoms with Gasteiger partial charge in [-0.1, -0.05) is 5.16 Å². The van der Waals surface area contributed by atoms with Gasteiger partial charge in [0.25, 0.3) is 0 Å². The van der Waals surface area contributed by atoms with Gasteiger partial charge in [-0.15, -0.1) is 0 Å². The summed E-state index contributed by atoms with van der Waals surface area (Å²) in [6.45, 7) is 2.34. The Morgan fingerprint density at radius 2 is 2.41 bits per heavy atom. The summed E-state index contributed by atoms with van der Waals surface area (Å²) in [6.07, 6.45) is 2.11. The summed E-state index contributed by atoms with van der Waals surface area (Å²) in [7, 11) is 1.73. The highest BCUT2D eigenvalue weighted by Crippen LogP contribution is 2.27. The summed E-state index contributed by atoms with van der Waals surface area (Å²) in [4.78, 5) is 4.47. The van der Waals surface area contributed by atoms with E-state index in [4.69, 9.17) is 14.0 Å². The molecule has 0 aliphatic carbocycles. The van der Waals surface area contributed by atoms with Gasteiger partial charge in [-0.3, -0.25) is 0 Å². The van der Waals surface area contributed by atoms with Crippen molar-refractivity contribution in [3.63, 3.8) is 0 Å². The van der Waals surface area contributed by atoms with E-state index in [-0.39, 0.29) is 12.1 Å². The quantitative estimate of drug-likeness (QED) is 0.834. The van der Waals surface area contributed by atoms with Crippen LogP contribution in [0, 0.1) is 0 Å². The Balaban J connectivity index is 1.68. The first-order valence-electron chi connectivity index (χ1n) is 6.04. The van der Waals surface area contributed by atoms with Gasteiger partial charge in [-0.25, -0.2) is 0 Å². The van der Waals surface area contributed by atoms with Crippen molar-refractivity contribution < 1.29 is 14.0 Å². The smallest absolute Gasteiger partial charge is 0.243 e. The molecule has 1 N–H and O–H groups in total. The highest BCUT2D eigenvalue weighted by Gasteiger charge is 2.31. The van der Waals surface area contributed by atoms with Crippen LogP contribution in [-0.4, -0.2) is 43.1 Å². The lowest BCUT2D eigenvalue weighted by Crippen LogP contribution is -2.16. The lowest BCUT2D eigenvalue weighted by Gasteiger charge is -2.04. The van der Waals surface area contributed by atoms with Gasteiger partial charge in [-0.05, 0) is 12.8 Å². The Morgan fingerprint density at radius 1 is 1.47 bits per heavy atom. The SMILES string of the molecule is CO[C@@H]1CN[C@@H](c2nc(C3CCOC3)no2)C1. The van der Waals surface area contributed by atoms with Gasteiger partial charge in [0, 0.05) is 26.2 Å². The predicted molar refractivity (Wildman–Crippen MR) is 58.6 cm³/mol. The summed E-state index contributed by atoms with van der Waals surface area (Å²) in [5, 5.41) is 7.37. The van der Waals surface area contributed by atoms with Crippen molar-refractivity contribution in [2.24, 2.45) is 0 Å². The van der Waals surface area contributed by atoms with Crippen molar-refractivity contribution in [2.75, 3.05) is 26.9 Å². The molecule has 3 rings (SSSR count). The van der Waals surface area contributed by atoms with Crippen molar-refractivity contribution in [1.82, 2.24) is 15.5 Å². The van der Waals surface area contributed by atoms with E-state index < -0.39 is 0 Å². The molecule has 3 heterocycles. The Kier molecular flexibility index (Phi) is 3.09. The number of hydrogen-bond acceptors (Lipinski definition) is 6. The second-order valence-corrected chi connectivity index (χ2v) is 4.61. The summed E-state index contributed by atoms with van der Waals surface area (Å²) in [5.74, 6) is 1.75. The number of methoxy groups -OCH3 is 1. The first-order valence-corrected chi connectivity index (χ1v) is 6.04. The average Bonchev–Trinajstić information content (AvgIpc) is 3.09. The molecule has 0 saturated carbocycles. The zero-order valence-corrected chi connectivity index (χ0v) is 9.89. The van der Waals surface area contributed by atoms with E-state index in [1.807, 2.05) is 0 Å². The van der Waals surface area contributed by atoms with Crippen LogP contribution in [0.4, 0.5) is 0 Å². The first-order chi connectivity index (χ1) is 8.36. The Bertz CT molecular complexity index is 376. The summed E-state index contributed by atoms with van der Waals surface area (Å²) < 4.78 is 15.9. The highest BCUT2D eigenvalue weighted by molar-refractivity contribution is 5.02. The monoisotopic (exact) mass is 239 g/mol.